The van der Waals surface area contributed by atoms with E-state index in [1.807, 2.05) is 0 Å². The van der Waals surface area contributed by atoms with Crippen LogP contribution in [0.5, 0.6) is 0 Å². The lowest BCUT2D eigenvalue weighted by molar-refractivity contribution is 0.390. The van der Waals surface area contributed by atoms with Gasteiger partial charge < -0.3 is 0 Å². The van der Waals surface area contributed by atoms with Crippen molar-refractivity contribution in [3.63, 3.8) is 0 Å². The molecule has 0 fully saturated rings. The van der Waals surface area contributed by atoms with Gasteiger partial charge in [0.15, 0.2) is 0 Å². The van der Waals surface area contributed by atoms with Crippen molar-refractivity contribution in [1.82, 2.24) is 9.97 Å². The first-order valence-corrected chi connectivity index (χ1v) is 4.60. The summed E-state index contributed by atoms with van der Waals surface area (Å²) < 4.78 is 0. The largest absolute Gasteiger partial charge is 0.294 e. The fraction of sp³-hybridized carbons (Fsp3) is 0.556. The molecule has 0 saturated carbocycles. The lowest BCUT2D eigenvalue weighted by Crippen LogP contribution is -2.20. The molecular formula is C9H14N4O. The Labute approximate surface area is 81.7 Å². The van der Waals surface area contributed by atoms with E-state index in [1.165, 1.54) is 0 Å². The van der Waals surface area contributed by atoms with E-state index in [0.717, 1.165) is 24.1 Å². The molecule has 0 aliphatic heterocycles. The number of anilines is 1. The van der Waals surface area contributed by atoms with Gasteiger partial charge >= 0.3 is 0 Å². The monoisotopic (exact) mass is 194 g/mol. The van der Waals surface area contributed by atoms with E-state index in [0.29, 0.717) is 5.95 Å². The van der Waals surface area contributed by atoms with E-state index in [1.54, 1.807) is 0 Å². The molecule has 5 heteroatoms. The molecule has 1 aromatic heterocycles. The van der Waals surface area contributed by atoms with E-state index in [4.69, 9.17) is 5.84 Å². The summed E-state index contributed by atoms with van der Waals surface area (Å²) in [5, 5.41) is 0. The second-order valence-corrected chi connectivity index (χ2v) is 4.50. The summed E-state index contributed by atoms with van der Waals surface area (Å²) in [6, 6.07) is 0. The van der Waals surface area contributed by atoms with Gasteiger partial charge in [-0.3, -0.25) is 15.2 Å². The molecule has 1 heterocycles. The molecule has 0 bridgehead atoms. The normalized spacial score (nSPS) is 17.9. The number of H-pyrrole nitrogens is 1. The summed E-state index contributed by atoms with van der Waals surface area (Å²) in [4.78, 5) is 18.4. The van der Waals surface area contributed by atoms with Crippen molar-refractivity contribution in [2.75, 3.05) is 5.43 Å². The maximum absolute atomic E-state index is 11.6. The summed E-state index contributed by atoms with van der Waals surface area (Å²) in [5.41, 5.74) is 4.08. The first-order chi connectivity index (χ1) is 6.52. The van der Waals surface area contributed by atoms with Crippen molar-refractivity contribution in [2.24, 2.45) is 11.3 Å². The predicted octanol–water partition coefficient (Wildman–Crippen LogP) is 0.180. The van der Waals surface area contributed by atoms with Gasteiger partial charge in [-0.25, -0.2) is 10.8 Å². The van der Waals surface area contributed by atoms with E-state index < -0.39 is 0 Å². The van der Waals surface area contributed by atoms with E-state index in [9.17, 15) is 4.79 Å². The summed E-state index contributed by atoms with van der Waals surface area (Å²) in [6.45, 7) is 4.26. The third-order valence-electron chi connectivity index (χ3n) is 2.54. The van der Waals surface area contributed by atoms with Gasteiger partial charge in [-0.15, -0.1) is 0 Å². The average Bonchev–Trinajstić information content (AvgIpc) is 2.40. The summed E-state index contributed by atoms with van der Waals surface area (Å²) in [5.74, 6) is 5.54. The summed E-state index contributed by atoms with van der Waals surface area (Å²) in [7, 11) is 0. The van der Waals surface area contributed by atoms with Crippen LogP contribution in [0, 0.1) is 5.41 Å². The van der Waals surface area contributed by atoms with E-state index in [-0.39, 0.29) is 11.0 Å². The number of nitrogens with two attached hydrogens (primary N) is 1. The zero-order chi connectivity index (χ0) is 10.3. The highest BCUT2D eigenvalue weighted by Gasteiger charge is 2.31. The molecule has 1 aliphatic carbocycles. The van der Waals surface area contributed by atoms with Crippen LogP contribution in [0.2, 0.25) is 0 Å². The minimum atomic E-state index is -0.0754. The van der Waals surface area contributed by atoms with Crippen LogP contribution in [0.1, 0.15) is 25.1 Å². The van der Waals surface area contributed by atoms with Crippen LogP contribution in [0.15, 0.2) is 4.79 Å². The standard InChI is InChI=1S/C9H14N4O/c1-9(2)3-5-6(4-9)11-8(13-10)12-7(5)14/h3-4,10H2,1-2H3,(H2,11,12,13,14). The molecule has 0 aromatic carbocycles. The molecule has 0 radical (unpaired) electrons. The van der Waals surface area contributed by atoms with Crippen LogP contribution in [0.4, 0.5) is 5.95 Å². The minimum absolute atomic E-state index is 0.0754. The average molecular weight is 194 g/mol. The highest BCUT2D eigenvalue weighted by Crippen LogP contribution is 2.33. The molecule has 14 heavy (non-hydrogen) atoms. The van der Waals surface area contributed by atoms with E-state index >= 15 is 0 Å². The number of rotatable bonds is 1. The lowest BCUT2D eigenvalue weighted by Gasteiger charge is -2.13. The number of fused-ring (bicyclic) bond motifs is 1. The number of aromatic nitrogens is 2. The SMILES string of the molecule is CC1(C)Cc2nc(NN)[nH]c(=O)c2C1. The van der Waals surface area contributed by atoms with Crippen LogP contribution in [-0.4, -0.2) is 9.97 Å². The Morgan fingerprint density at radius 2 is 2.21 bits per heavy atom. The lowest BCUT2D eigenvalue weighted by atomic mass is 9.91. The predicted molar refractivity (Wildman–Crippen MR) is 53.9 cm³/mol. The number of aromatic amines is 1. The first kappa shape index (κ1) is 9.21. The molecule has 0 unspecified atom stereocenters. The van der Waals surface area contributed by atoms with Gasteiger partial charge in [-0.2, -0.15) is 0 Å². The first-order valence-electron chi connectivity index (χ1n) is 4.60. The summed E-state index contributed by atoms with van der Waals surface area (Å²) >= 11 is 0. The molecule has 0 spiro atoms. The molecule has 0 amide bonds. The van der Waals surface area contributed by atoms with Crippen LogP contribution >= 0.6 is 0 Å². The molecular weight excluding hydrogens is 180 g/mol. The van der Waals surface area contributed by atoms with Crippen molar-refractivity contribution in [1.29, 1.82) is 0 Å². The minimum Gasteiger partial charge on any atom is -0.294 e. The van der Waals surface area contributed by atoms with E-state index in [2.05, 4.69) is 29.2 Å². The van der Waals surface area contributed by atoms with Crippen LogP contribution in [0.3, 0.4) is 0 Å². The molecule has 1 aliphatic rings. The number of hydrazine groups is 1. The Kier molecular flexibility index (Phi) is 1.85. The molecule has 76 valence electrons. The topological polar surface area (TPSA) is 83.8 Å². The number of nitrogens with one attached hydrogen (secondary N) is 2. The molecule has 1 aromatic rings. The van der Waals surface area contributed by atoms with Crippen LogP contribution in [-0.2, 0) is 12.8 Å². The van der Waals surface area contributed by atoms with Crippen molar-refractivity contribution < 1.29 is 0 Å². The van der Waals surface area contributed by atoms with Gasteiger partial charge in [0.2, 0.25) is 5.95 Å². The Hall–Kier alpha value is -1.36. The molecule has 0 atom stereocenters. The maximum Gasteiger partial charge on any atom is 0.255 e. The van der Waals surface area contributed by atoms with Crippen molar-refractivity contribution >= 4 is 5.95 Å². The third-order valence-corrected chi connectivity index (χ3v) is 2.54. The van der Waals surface area contributed by atoms with Crippen LogP contribution in [0.25, 0.3) is 0 Å². The highest BCUT2D eigenvalue weighted by atomic mass is 16.1. The number of hydrogen-bond donors (Lipinski definition) is 3. The Morgan fingerprint density at radius 3 is 2.86 bits per heavy atom. The zero-order valence-corrected chi connectivity index (χ0v) is 8.35. The molecule has 2 rings (SSSR count). The molecule has 4 N–H and O–H groups in total. The smallest absolute Gasteiger partial charge is 0.255 e. The van der Waals surface area contributed by atoms with Gasteiger partial charge in [0.05, 0.1) is 5.69 Å². The summed E-state index contributed by atoms with van der Waals surface area (Å²) in [6.07, 6.45) is 1.62. The molecule has 0 saturated heterocycles. The third kappa shape index (κ3) is 1.39. The van der Waals surface area contributed by atoms with Crippen LogP contribution < -0.4 is 16.8 Å². The molecule has 5 nitrogen and oxygen atoms in total. The number of hydrogen-bond acceptors (Lipinski definition) is 4. The van der Waals surface area contributed by atoms with Gasteiger partial charge in [0.25, 0.3) is 5.56 Å². The Morgan fingerprint density at radius 1 is 1.50 bits per heavy atom. The second-order valence-electron chi connectivity index (χ2n) is 4.50. The van der Waals surface area contributed by atoms with Gasteiger partial charge in [0, 0.05) is 5.56 Å². The van der Waals surface area contributed by atoms with Crippen molar-refractivity contribution in [2.45, 2.75) is 26.7 Å². The second kappa shape index (κ2) is 2.81. The fourth-order valence-corrected chi connectivity index (χ4v) is 1.94. The van der Waals surface area contributed by atoms with Crippen molar-refractivity contribution in [3.8, 4) is 0 Å². The zero-order valence-electron chi connectivity index (χ0n) is 8.35. The Balaban J connectivity index is 2.53. The quantitative estimate of drug-likeness (QED) is 0.440. The number of nitrogen functional groups attached to an aromatic ring is 1. The number of nitrogens with zero attached hydrogens (tertiary/aromatic N) is 1. The fourth-order valence-electron chi connectivity index (χ4n) is 1.94. The maximum atomic E-state index is 11.6. The van der Waals surface area contributed by atoms with Gasteiger partial charge in [-0.05, 0) is 18.3 Å². The van der Waals surface area contributed by atoms with Gasteiger partial charge in [-0.1, -0.05) is 13.8 Å². The van der Waals surface area contributed by atoms with Gasteiger partial charge in [0.1, 0.15) is 0 Å². The Bertz CT molecular complexity index is 421. The van der Waals surface area contributed by atoms with Crippen molar-refractivity contribution in [3.05, 3.63) is 21.6 Å². The highest BCUT2D eigenvalue weighted by molar-refractivity contribution is 5.32.